The molecule has 0 spiro atoms. The van der Waals surface area contributed by atoms with Gasteiger partial charge in [-0.1, -0.05) is 11.6 Å². The maximum atomic E-state index is 13.2. The number of rotatable bonds is 5. The minimum atomic E-state index is -0.345. The lowest BCUT2D eigenvalue weighted by atomic mass is 10.1. The fourth-order valence-corrected chi connectivity index (χ4v) is 3.03. The number of hydrogen-bond donors (Lipinski definition) is 1. The number of benzene rings is 1. The standard InChI is InChI=1S/C17H18ClFN4/c1-11-14(12(2)22-21-11)4-3-8-23-9-7-20-17(23)15-6-5-13(19)10-16(15)18/h5-7,9-10H,3-4,8H2,1-2H3,(H,21,22). The summed E-state index contributed by atoms with van der Waals surface area (Å²) in [6, 6.07) is 4.38. The zero-order valence-corrected chi connectivity index (χ0v) is 13.9. The molecular weight excluding hydrogens is 315 g/mol. The molecule has 3 rings (SSSR count). The van der Waals surface area contributed by atoms with E-state index >= 15 is 0 Å². The Kier molecular flexibility index (Phi) is 4.48. The molecule has 0 saturated carbocycles. The minimum Gasteiger partial charge on any atom is -0.331 e. The molecule has 0 aliphatic rings. The van der Waals surface area contributed by atoms with Crippen molar-refractivity contribution in [2.75, 3.05) is 0 Å². The van der Waals surface area contributed by atoms with Crippen LogP contribution in [0.25, 0.3) is 11.4 Å². The highest BCUT2D eigenvalue weighted by atomic mass is 35.5. The van der Waals surface area contributed by atoms with E-state index in [1.165, 1.54) is 17.7 Å². The summed E-state index contributed by atoms with van der Waals surface area (Å²) in [6.07, 6.45) is 5.57. The molecule has 1 N–H and O–H groups in total. The zero-order chi connectivity index (χ0) is 16.4. The van der Waals surface area contributed by atoms with E-state index < -0.39 is 0 Å². The van der Waals surface area contributed by atoms with Crippen molar-refractivity contribution in [2.45, 2.75) is 33.2 Å². The first-order valence-electron chi connectivity index (χ1n) is 7.53. The van der Waals surface area contributed by atoms with Crippen LogP contribution in [-0.2, 0) is 13.0 Å². The number of halogens is 2. The van der Waals surface area contributed by atoms with E-state index in [-0.39, 0.29) is 5.82 Å². The lowest BCUT2D eigenvalue weighted by Crippen LogP contribution is -2.02. The summed E-state index contributed by atoms with van der Waals surface area (Å²) in [5, 5.41) is 7.60. The van der Waals surface area contributed by atoms with Crippen molar-refractivity contribution in [1.29, 1.82) is 0 Å². The van der Waals surface area contributed by atoms with Crippen molar-refractivity contribution in [3.8, 4) is 11.4 Å². The van der Waals surface area contributed by atoms with Gasteiger partial charge in [0.05, 0.1) is 10.7 Å². The number of imidazole rings is 1. The lowest BCUT2D eigenvalue weighted by molar-refractivity contribution is 0.627. The van der Waals surface area contributed by atoms with Gasteiger partial charge in [0.15, 0.2) is 0 Å². The van der Waals surface area contributed by atoms with E-state index in [4.69, 9.17) is 11.6 Å². The van der Waals surface area contributed by atoms with Gasteiger partial charge in [-0.2, -0.15) is 5.10 Å². The maximum Gasteiger partial charge on any atom is 0.141 e. The van der Waals surface area contributed by atoms with Gasteiger partial charge < -0.3 is 4.57 Å². The second-order valence-electron chi connectivity index (χ2n) is 5.58. The van der Waals surface area contributed by atoms with Gasteiger partial charge in [0, 0.05) is 30.2 Å². The van der Waals surface area contributed by atoms with Crippen molar-refractivity contribution < 1.29 is 4.39 Å². The van der Waals surface area contributed by atoms with E-state index in [2.05, 4.69) is 15.2 Å². The molecule has 2 aromatic heterocycles. The summed E-state index contributed by atoms with van der Waals surface area (Å²) in [5.74, 6) is 0.415. The maximum absolute atomic E-state index is 13.2. The average molecular weight is 333 g/mol. The monoisotopic (exact) mass is 332 g/mol. The molecule has 0 unspecified atom stereocenters. The molecular formula is C17H18ClFN4. The number of aromatic amines is 1. The second-order valence-corrected chi connectivity index (χ2v) is 5.99. The molecule has 0 saturated heterocycles. The molecule has 0 amide bonds. The zero-order valence-electron chi connectivity index (χ0n) is 13.1. The number of hydrogen-bond acceptors (Lipinski definition) is 2. The first-order chi connectivity index (χ1) is 11.1. The highest BCUT2D eigenvalue weighted by Crippen LogP contribution is 2.27. The van der Waals surface area contributed by atoms with Crippen LogP contribution in [-0.4, -0.2) is 19.7 Å². The molecule has 0 radical (unpaired) electrons. The largest absolute Gasteiger partial charge is 0.331 e. The number of aromatic nitrogens is 4. The molecule has 1 aromatic carbocycles. The molecule has 3 aromatic rings. The first-order valence-corrected chi connectivity index (χ1v) is 7.91. The van der Waals surface area contributed by atoms with Crippen molar-refractivity contribution in [3.05, 3.63) is 58.4 Å². The normalized spacial score (nSPS) is 11.1. The van der Waals surface area contributed by atoms with Crippen LogP contribution in [0.3, 0.4) is 0 Å². The summed E-state index contributed by atoms with van der Waals surface area (Å²) in [5.41, 5.74) is 4.19. The predicted octanol–water partition coefficient (Wildman–Crippen LogP) is 4.32. The highest BCUT2D eigenvalue weighted by molar-refractivity contribution is 6.33. The third-order valence-electron chi connectivity index (χ3n) is 3.99. The number of H-pyrrole nitrogens is 1. The second kappa shape index (κ2) is 6.54. The van der Waals surface area contributed by atoms with Gasteiger partial charge in [0.2, 0.25) is 0 Å². The van der Waals surface area contributed by atoms with Crippen molar-refractivity contribution in [1.82, 2.24) is 19.7 Å². The fraction of sp³-hybridized carbons (Fsp3) is 0.294. The Bertz CT molecular complexity index is 802. The minimum absolute atomic E-state index is 0.345. The Labute approximate surface area is 139 Å². The Morgan fingerprint density at radius 1 is 1.30 bits per heavy atom. The smallest absolute Gasteiger partial charge is 0.141 e. The molecule has 0 fully saturated rings. The van der Waals surface area contributed by atoms with Crippen LogP contribution in [0.2, 0.25) is 5.02 Å². The van der Waals surface area contributed by atoms with Crippen molar-refractivity contribution in [3.63, 3.8) is 0 Å². The van der Waals surface area contributed by atoms with E-state index in [0.717, 1.165) is 42.2 Å². The molecule has 23 heavy (non-hydrogen) atoms. The third kappa shape index (κ3) is 3.29. The SMILES string of the molecule is Cc1n[nH]c(C)c1CCCn1ccnc1-c1ccc(F)cc1Cl. The summed E-state index contributed by atoms with van der Waals surface area (Å²) in [7, 11) is 0. The molecule has 6 heteroatoms. The van der Waals surface area contributed by atoms with Gasteiger partial charge >= 0.3 is 0 Å². The predicted molar refractivity (Wildman–Crippen MR) is 89.0 cm³/mol. The number of nitrogens with zero attached hydrogens (tertiary/aromatic N) is 3. The van der Waals surface area contributed by atoms with Crippen LogP contribution in [0.15, 0.2) is 30.6 Å². The van der Waals surface area contributed by atoms with Gasteiger partial charge in [-0.25, -0.2) is 9.37 Å². The van der Waals surface area contributed by atoms with Gasteiger partial charge in [-0.15, -0.1) is 0 Å². The Balaban J connectivity index is 1.74. The van der Waals surface area contributed by atoms with Gasteiger partial charge in [-0.05, 0) is 50.5 Å². The average Bonchev–Trinajstić information content (AvgIpc) is 3.08. The summed E-state index contributed by atoms with van der Waals surface area (Å²) >= 11 is 6.14. The topological polar surface area (TPSA) is 46.5 Å². The first kappa shape index (κ1) is 15.7. The van der Waals surface area contributed by atoms with Crippen molar-refractivity contribution in [2.24, 2.45) is 0 Å². The molecule has 4 nitrogen and oxygen atoms in total. The molecule has 120 valence electrons. The van der Waals surface area contributed by atoms with E-state index in [9.17, 15) is 4.39 Å². The van der Waals surface area contributed by atoms with Gasteiger partial charge in [-0.3, -0.25) is 5.10 Å². The number of aryl methyl sites for hydroxylation is 3. The third-order valence-corrected chi connectivity index (χ3v) is 4.31. The molecule has 0 aliphatic carbocycles. The van der Waals surface area contributed by atoms with Crippen LogP contribution >= 0.6 is 11.6 Å². The summed E-state index contributed by atoms with van der Waals surface area (Å²) < 4.78 is 15.3. The Hall–Kier alpha value is -2.14. The van der Waals surface area contributed by atoms with Crippen LogP contribution < -0.4 is 0 Å². The summed E-state index contributed by atoms with van der Waals surface area (Å²) in [4.78, 5) is 4.37. The van der Waals surface area contributed by atoms with Gasteiger partial charge in [0.25, 0.3) is 0 Å². The number of nitrogens with one attached hydrogen (secondary N) is 1. The Morgan fingerprint density at radius 2 is 2.13 bits per heavy atom. The fourth-order valence-electron chi connectivity index (χ4n) is 2.77. The van der Waals surface area contributed by atoms with Crippen LogP contribution in [0.5, 0.6) is 0 Å². The van der Waals surface area contributed by atoms with E-state index in [1.54, 1.807) is 12.3 Å². The van der Waals surface area contributed by atoms with E-state index in [0.29, 0.717) is 5.02 Å². The van der Waals surface area contributed by atoms with Crippen LogP contribution in [0.1, 0.15) is 23.4 Å². The van der Waals surface area contributed by atoms with Gasteiger partial charge in [0.1, 0.15) is 11.6 Å². The van der Waals surface area contributed by atoms with E-state index in [1.807, 2.05) is 24.6 Å². The molecule has 0 bridgehead atoms. The quantitative estimate of drug-likeness (QED) is 0.756. The highest BCUT2D eigenvalue weighted by Gasteiger charge is 2.11. The van der Waals surface area contributed by atoms with Crippen LogP contribution in [0.4, 0.5) is 4.39 Å². The molecule has 2 heterocycles. The molecule has 0 atom stereocenters. The molecule has 0 aliphatic heterocycles. The van der Waals surface area contributed by atoms with Crippen LogP contribution in [0, 0.1) is 19.7 Å². The van der Waals surface area contributed by atoms with Crippen molar-refractivity contribution >= 4 is 11.6 Å². The Morgan fingerprint density at radius 3 is 2.83 bits per heavy atom. The summed E-state index contributed by atoms with van der Waals surface area (Å²) in [6.45, 7) is 4.86. The lowest BCUT2D eigenvalue weighted by Gasteiger charge is -2.09.